The van der Waals surface area contributed by atoms with Crippen molar-refractivity contribution in [1.82, 2.24) is 4.72 Å². The van der Waals surface area contributed by atoms with Crippen molar-refractivity contribution in [3.8, 4) is 5.75 Å². The lowest BCUT2D eigenvalue weighted by atomic mass is 10.2. The predicted octanol–water partition coefficient (Wildman–Crippen LogP) is 1.49. The van der Waals surface area contributed by atoms with Gasteiger partial charge in [-0.1, -0.05) is 30.3 Å². The van der Waals surface area contributed by atoms with Crippen LogP contribution in [0.5, 0.6) is 5.75 Å². The first-order chi connectivity index (χ1) is 10.5. The number of nitrogens with two attached hydrogens (primary N) is 1. The lowest BCUT2D eigenvalue weighted by molar-refractivity contribution is 0.414. The van der Waals surface area contributed by atoms with E-state index in [1.165, 1.54) is 19.2 Å². The lowest BCUT2D eigenvalue weighted by Crippen LogP contribution is -2.36. The Hall–Kier alpha value is -2.54. The van der Waals surface area contributed by atoms with E-state index >= 15 is 0 Å². The number of guanidine groups is 1. The molecule has 0 aliphatic rings. The summed E-state index contributed by atoms with van der Waals surface area (Å²) in [6.45, 7) is 0.303. The number of rotatable bonds is 5. The van der Waals surface area contributed by atoms with Crippen LogP contribution in [0, 0.1) is 0 Å². The molecule has 0 radical (unpaired) electrons. The first-order valence-corrected chi connectivity index (χ1v) is 8.00. The van der Waals surface area contributed by atoms with Crippen molar-refractivity contribution in [1.29, 1.82) is 0 Å². The SMILES string of the molecule is COc1ccc(S(=O)(=O)NC(N)=NCc2ccccc2)cc1. The van der Waals surface area contributed by atoms with Gasteiger partial charge < -0.3 is 10.5 Å². The second kappa shape index (κ2) is 6.95. The van der Waals surface area contributed by atoms with Gasteiger partial charge in [-0.2, -0.15) is 0 Å². The van der Waals surface area contributed by atoms with Crippen LogP contribution in [-0.2, 0) is 16.6 Å². The van der Waals surface area contributed by atoms with Crippen LogP contribution in [0.1, 0.15) is 5.56 Å². The van der Waals surface area contributed by atoms with Crippen LogP contribution >= 0.6 is 0 Å². The summed E-state index contributed by atoms with van der Waals surface area (Å²) in [5.41, 5.74) is 6.58. The Kier molecular flexibility index (Phi) is 5.00. The number of methoxy groups -OCH3 is 1. The van der Waals surface area contributed by atoms with Gasteiger partial charge in [-0.15, -0.1) is 0 Å². The molecule has 0 amide bonds. The Morgan fingerprint density at radius 1 is 1.14 bits per heavy atom. The molecule has 0 heterocycles. The molecule has 7 heteroatoms. The summed E-state index contributed by atoms with van der Waals surface area (Å²) >= 11 is 0. The van der Waals surface area contributed by atoms with E-state index < -0.39 is 10.0 Å². The van der Waals surface area contributed by atoms with Gasteiger partial charge in [0.25, 0.3) is 10.0 Å². The van der Waals surface area contributed by atoms with E-state index in [0.29, 0.717) is 12.3 Å². The summed E-state index contributed by atoms with van der Waals surface area (Å²) in [4.78, 5) is 4.11. The zero-order valence-corrected chi connectivity index (χ0v) is 12.9. The maximum atomic E-state index is 12.1. The number of hydrogen-bond acceptors (Lipinski definition) is 4. The van der Waals surface area contributed by atoms with E-state index in [-0.39, 0.29) is 10.9 Å². The molecule has 116 valence electrons. The maximum Gasteiger partial charge on any atom is 0.264 e. The van der Waals surface area contributed by atoms with Crippen LogP contribution in [0.4, 0.5) is 0 Å². The highest BCUT2D eigenvalue weighted by Gasteiger charge is 2.14. The van der Waals surface area contributed by atoms with Gasteiger partial charge in [-0.25, -0.2) is 18.1 Å². The van der Waals surface area contributed by atoms with Crippen LogP contribution < -0.4 is 15.2 Å². The number of benzene rings is 2. The van der Waals surface area contributed by atoms with Crippen molar-refractivity contribution >= 4 is 16.0 Å². The summed E-state index contributed by atoms with van der Waals surface area (Å²) in [6.07, 6.45) is 0. The lowest BCUT2D eigenvalue weighted by Gasteiger charge is -2.08. The van der Waals surface area contributed by atoms with Gasteiger partial charge in [0.2, 0.25) is 5.96 Å². The molecule has 2 aromatic rings. The second-order valence-electron chi connectivity index (χ2n) is 4.47. The molecule has 0 aliphatic carbocycles. The summed E-state index contributed by atoms with van der Waals surface area (Å²) in [6, 6.07) is 15.4. The van der Waals surface area contributed by atoms with Crippen LogP contribution in [-0.4, -0.2) is 21.5 Å². The van der Waals surface area contributed by atoms with Gasteiger partial charge in [0.1, 0.15) is 5.75 Å². The Morgan fingerprint density at radius 3 is 2.36 bits per heavy atom. The molecule has 0 saturated carbocycles. The van der Waals surface area contributed by atoms with E-state index in [1.807, 2.05) is 30.3 Å². The molecule has 2 aromatic carbocycles. The number of nitrogens with zero attached hydrogens (tertiary/aromatic N) is 1. The molecular formula is C15H17N3O3S. The molecule has 3 N–H and O–H groups in total. The van der Waals surface area contributed by atoms with Gasteiger partial charge in [-0.3, -0.25) is 0 Å². The van der Waals surface area contributed by atoms with Gasteiger partial charge >= 0.3 is 0 Å². The zero-order valence-electron chi connectivity index (χ0n) is 12.1. The number of ether oxygens (including phenoxy) is 1. The van der Waals surface area contributed by atoms with Gasteiger partial charge in [0, 0.05) is 0 Å². The number of sulfonamides is 1. The average Bonchev–Trinajstić information content (AvgIpc) is 2.53. The molecule has 0 fully saturated rings. The topological polar surface area (TPSA) is 93.8 Å². The molecule has 22 heavy (non-hydrogen) atoms. The molecule has 0 atom stereocenters. The van der Waals surface area contributed by atoms with Gasteiger partial charge in [-0.05, 0) is 29.8 Å². The third-order valence-electron chi connectivity index (χ3n) is 2.88. The van der Waals surface area contributed by atoms with Crippen molar-refractivity contribution in [3.63, 3.8) is 0 Å². The monoisotopic (exact) mass is 319 g/mol. The van der Waals surface area contributed by atoms with E-state index in [0.717, 1.165) is 5.56 Å². The number of aliphatic imine (C=N–C) groups is 1. The highest BCUT2D eigenvalue weighted by molar-refractivity contribution is 7.90. The zero-order chi connectivity index (χ0) is 16.0. The largest absolute Gasteiger partial charge is 0.497 e. The third kappa shape index (κ3) is 4.23. The Balaban J connectivity index is 2.06. The van der Waals surface area contributed by atoms with E-state index in [2.05, 4.69) is 9.71 Å². The minimum atomic E-state index is -3.75. The maximum absolute atomic E-state index is 12.1. The standard InChI is InChI=1S/C15H17N3O3S/c1-21-13-7-9-14(10-8-13)22(19,20)18-15(16)17-11-12-5-3-2-4-6-12/h2-10H,11H2,1H3,(H3,16,17,18). The van der Waals surface area contributed by atoms with Crippen molar-refractivity contribution in [2.24, 2.45) is 10.7 Å². The van der Waals surface area contributed by atoms with Crippen LogP contribution in [0.2, 0.25) is 0 Å². The average molecular weight is 319 g/mol. The number of nitrogens with one attached hydrogen (secondary N) is 1. The summed E-state index contributed by atoms with van der Waals surface area (Å²) in [5, 5.41) is 0. The summed E-state index contributed by atoms with van der Waals surface area (Å²) in [5.74, 6) is 0.421. The molecule has 0 bridgehead atoms. The first-order valence-electron chi connectivity index (χ1n) is 6.52. The Labute approximate surface area is 129 Å². The van der Waals surface area contributed by atoms with Gasteiger partial charge in [0.05, 0.1) is 18.6 Å². The van der Waals surface area contributed by atoms with Crippen molar-refractivity contribution in [2.45, 2.75) is 11.4 Å². The molecule has 0 aliphatic heterocycles. The molecule has 0 saturated heterocycles. The van der Waals surface area contributed by atoms with E-state index in [1.54, 1.807) is 12.1 Å². The molecule has 0 unspecified atom stereocenters. The minimum Gasteiger partial charge on any atom is -0.497 e. The fourth-order valence-electron chi connectivity index (χ4n) is 1.74. The van der Waals surface area contributed by atoms with E-state index in [9.17, 15) is 8.42 Å². The van der Waals surface area contributed by atoms with Crippen molar-refractivity contribution < 1.29 is 13.2 Å². The molecule has 6 nitrogen and oxygen atoms in total. The van der Waals surface area contributed by atoms with E-state index in [4.69, 9.17) is 10.5 Å². The van der Waals surface area contributed by atoms with Crippen LogP contribution in [0.15, 0.2) is 64.5 Å². The minimum absolute atomic E-state index is 0.0890. The predicted molar refractivity (Wildman–Crippen MR) is 85.1 cm³/mol. The molecule has 2 rings (SSSR count). The summed E-state index contributed by atoms with van der Waals surface area (Å²) in [7, 11) is -2.24. The van der Waals surface area contributed by atoms with Crippen molar-refractivity contribution in [3.05, 3.63) is 60.2 Å². The Morgan fingerprint density at radius 2 is 1.77 bits per heavy atom. The van der Waals surface area contributed by atoms with Gasteiger partial charge in [0.15, 0.2) is 0 Å². The van der Waals surface area contributed by atoms with Crippen molar-refractivity contribution in [2.75, 3.05) is 7.11 Å². The highest BCUT2D eigenvalue weighted by atomic mass is 32.2. The Bertz CT molecular complexity index is 741. The second-order valence-corrected chi connectivity index (χ2v) is 6.15. The molecule has 0 spiro atoms. The summed E-state index contributed by atoms with van der Waals surface area (Å²) < 4.78 is 31.5. The highest BCUT2D eigenvalue weighted by Crippen LogP contribution is 2.15. The molecule has 0 aromatic heterocycles. The fourth-order valence-corrected chi connectivity index (χ4v) is 2.70. The first kappa shape index (κ1) is 15.8. The molecular weight excluding hydrogens is 302 g/mol. The third-order valence-corrected chi connectivity index (χ3v) is 4.25. The smallest absolute Gasteiger partial charge is 0.264 e. The van der Waals surface area contributed by atoms with Crippen LogP contribution in [0.25, 0.3) is 0 Å². The normalized spacial score (nSPS) is 12.0. The quantitative estimate of drug-likeness (QED) is 0.645. The van der Waals surface area contributed by atoms with Crippen LogP contribution in [0.3, 0.4) is 0 Å². The fraction of sp³-hybridized carbons (Fsp3) is 0.133. The number of hydrogen-bond donors (Lipinski definition) is 2.